The van der Waals surface area contributed by atoms with Gasteiger partial charge in [-0.15, -0.1) is 24.3 Å². The van der Waals surface area contributed by atoms with Crippen molar-refractivity contribution >= 4 is 41.5 Å². The molecule has 0 aliphatic carbocycles. The molecule has 0 aliphatic rings. The van der Waals surface area contributed by atoms with E-state index in [1.54, 1.807) is 25.2 Å². The maximum absolute atomic E-state index is 12.9. The highest BCUT2D eigenvalue weighted by Crippen LogP contribution is 2.22. The Kier molecular flexibility index (Phi) is 26.0. The molecule has 0 aromatic carbocycles. The van der Waals surface area contributed by atoms with E-state index in [2.05, 4.69) is 38.5 Å². The first-order valence-corrected chi connectivity index (χ1v) is 16.6. The summed E-state index contributed by atoms with van der Waals surface area (Å²) in [4.78, 5) is 60.5. The largest absolute Gasteiger partial charge is 0.468 e. The second kappa shape index (κ2) is 28.4. The molecule has 0 heterocycles. The number of amides is 2. The third kappa shape index (κ3) is 23.2. The molecular weight excluding hydrogens is 626 g/mol. The van der Waals surface area contributed by atoms with Gasteiger partial charge in [0.05, 0.1) is 26.9 Å². The van der Waals surface area contributed by atoms with Crippen LogP contribution in [0.4, 0.5) is 0 Å². The minimum absolute atomic E-state index is 0.00419. The van der Waals surface area contributed by atoms with Crippen molar-refractivity contribution in [1.82, 2.24) is 10.6 Å². The highest BCUT2D eigenvalue weighted by Gasteiger charge is 2.26. The van der Waals surface area contributed by atoms with E-state index in [9.17, 15) is 29.1 Å². The Hall–Kier alpha value is -3.86. The lowest BCUT2D eigenvalue weighted by molar-refractivity contribution is -0.144. The third-order valence-corrected chi connectivity index (χ3v) is 7.70. The summed E-state index contributed by atoms with van der Waals surface area (Å²) in [6.07, 6.45) is 16.0. The quantitative estimate of drug-likeness (QED) is 0.0294. The zero-order valence-electron chi connectivity index (χ0n) is 27.7. The molecule has 2 amide bonds. The van der Waals surface area contributed by atoms with Crippen LogP contribution in [0.3, 0.4) is 0 Å². The van der Waals surface area contributed by atoms with Gasteiger partial charge in [-0.05, 0) is 39.0 Å². The van der Waals surface area contributed by atoms with Gasteiger partial charge < -0.3 is 35.7 Å². The number of allylic oxidation sites excluding steroid dienone is 6. The molecule has 13 heteroatoms. The van der Waals surface area contributed by atoms with Gasteiger partial charge in [0.25, 0.3) is 0 Å². The number of carbonyl (C=O) groups is 5. The summed E-state index contributed by atoms with van der Waals surface area (Å²) in [7, 11) is 2.37. The zero-order valence-corrected chi connectivity index (χ0v) is 28.6. The molecule has 47 heavy (non-hydrogen) atoms. The summed E-state index contributed by atoms with van der Waals surface area (Å²) in [6.45, 7) is 5.27. The third-order valence-electron chi connectivity index (χ3n) is 6.32. The standard InChI is InChI=1S/C34H51N3O9S/c1-5-7-8-9-10-11-12-13-14-15-16-17-20-29(28(38)19-18-21-31(40)46-6-2)47-25-27(33(42)36-24-32(41)44-3)37-30(39)23-22-26(35)34(43)45-4/h5,13-17,20,26-29,38H,1,6-9,12,18-19,21-25,35H2,2-4H3,(H,36,42)(H,37,39)/b14-13-,16-15+,20-17+/t26-,27-,28-,29+/m0/s1. The van der Waals surface area contributed by atoms with Crippen molar-refractivity contribution in [1.29, 1.82) is 0 Å². The van der Waals surface area contributed by atoms with E-state index in [1.807, 2.05) is 24.3 Å². The van der Waals surface area contributed by atoms with Crippen molar-refractivity contribution in [2.45, 2.75) is 88.1 Å². The summed E-state index contributed by atoms with van der Waals surface area (Å²) in [5.41, 5.74) is 5.72. The number of esters is 3. The van der Waals surface area contributed by atoms with Crippen LogP contribution in [0.25, 0.3) is 0 Å². The van der Waals surface area contributed by atoms with Gasteiger partial charge in [0.15, 0.2) is 0 Å². The molecule has 0 saturated heterocycles. The molecule has 12 nitrogen and oxygen atoms in total. The minimum Gasteiger partial charge on any atom is -0.468 e. The van der Waals surface area contributed by atoms with Crippen molar-refractivity contribution in [2.24, 2.45) is 5.73 Å². The van der Waals surface area contributed by atoms with Crippen molar-refractivity contribution in [3.63, 3.8) is 0 Å². The monoisotopic (exact) mass is 677 g/mol. The van der Waals surface area contributed by atoms with Crippen molar-refractivity contribution in [3.05, 3.63) is 49.1 Å². The lowest BCUT2D eigenvalue weighted by Crippen LogP contribution is -2.50. The minimum atomic E-state index is -1.09. The maximum Gasteiger partial charge on any atom is 0.325 e. The normalized spacial score (nSPS) is 13.6. The van der Waals surface area contributed by atoms with Crippen molar-refractivity contribution < 1.29 is 43.3 Å². The summed E-state index contributed by atoms with van der Waals surface area (Å²) >= 11 is 1.21. The first-order chi connectivity index (χ1) is 22.6. The highest BCUT2D eigenvalue weighted by molar-refractivity contribution is 8.00. The summed E-state index contributed by atoms with van der Waals surface area (Å²) in [5, 5.41) is 15.5. The molecule has 0 saturated carbocycles. The lowest BCUT2D eigenvalue weighted by Gasteiger charge is -2.23. The highest BCUT2D eigenvalue weighted by atomic mass is 32.2. The Balaban J connectivity index is 5.58. The number of rotatable bonds is 24. The molecule has 0 unspecified atom stereocenters. The van der Waals surface area contributed by atoms with Crippen LogP contribution in [0.5, 0.6) is 0 Å². The number of nitrogens with two attached hydrogens (primary N) is 1. The van der Waals surface area contributed by atoms with E-state index in [-0.39, 0.29) is 44.0 Å². The second-order valence-corrected chi connectivity index (χ2v) is 11.3. The molecule has 0 rings (SSSR count). The number of ether oxygens (including phenoxy) is 3. The number of nitrogens with one attached hydrogen (secondary N) is 2. The number of aliphatic hydroxyl groups excluding tert-OH is 1. The van der Waals surface area contributed by atoms with Gasteiger partial charge in [-0.1, -0.05) is 48.5 Å². The van der Waals surface area contributed by atoms with Crippen LogP contribution in [0.2, 0.25) is 0 Å². The first-order valence-electron chi connectivity index (χ1n) is 15.6. The fourth-order valence-electron chi connectivity index (χ4n) is 3.72. The summed E-state index contributed by atoms with van der Waals surface area (Å²) in [5.74, 6) is 3.35. The van der Waals surface area contributed by atoms with Gasteiger partial charge in [0, 0.05) is 36.7 Å². The summed E-state index contributed by atoms with van der Waals surface area (Å²) < 4.78 is 14.1. The van der Waals surface area contributed by atoms with E-state index >= 15 is 0 Å². The van der Waals surface area contributed by atoms with E-state index in [0.717, 1.165) is 19.3 Å². The van der Waals surface area contributed by atoms with Gasteiger partial charge in [0.2, 0.25) is 11.8 Å². The molecular formula is C34H51N3O9S. The predicted octanol–water partition coefficient (Wildman–Crippen LogP) is 2.66. The Labute approximate surface area is 283 Å². The Morgan fingerprint density at radius 3 is 2.40 bits per heavy atom. The number of hydrogen-bond donors (Lipinski definition) is 4. The smallest absolute Gasteiger partial charge is 0.325 e. The van der Waals surface area contributed by atoms with Crippen LogP contribution in [-0.2, 0) is 38.2 Å². The Morgan fingerprint density at radius 1 is 0.979 bits per heavy atom. The predicted molar refractivity (Wildman–Crippen MR) is 183 cm³/mol. The Morgan fingerprint density at radius 2 is 1.72 bits per heavy atom. The van der Waals surface area contributed by atoms with E-state index in [1.165, 1.54) is 26.0 Å². The fraction of sp³-hybridized carbons (Fsp3) is 0.559. The van der Waals surface area contributed by atoms with E-state index < -0.39 is 53.7 Å². The molecule has 0 aromatic heterocycles. The molecule has 0 bridgehead atoms. The van der Waals surface area contributed by atoms with Gasteiger partial charge >= 0.3 is 17.9 Å². The van der Waals surface area contributed by atoms with Gasteiger partial charge in [-0.3, -0.25) is 24.0 Å². The number of unbranched alkanes of at least 4 members (excludes halogenated alkanes) is 2. The van der Waals surface area contributed by atoms with Crippen LogP contribution >= 0.6 is 11.8 Å². The number of carbonyl (C=O) groups excluding carboxylic acids is 5. The van der Waals surface area contributed by atoms with E-state index in [4.69, 9.17) is 10.5 Å². The van der Waals surface area contributed by atoms with Crippen LogP contribution in [0.1, 0.15) is 64.7 Å². The fourth-order valence-corrected chi connectivity index (χ4v) is 4.93. The molecule has 0 aliphatic heterocycles. The zero-order chi connectivity index (χ0) is 35.3. The lowest BCUT2D eigenvalue weighted by atomic mass is 10.1. The van der Waals surface area contributed by atoms with Crippen LogP contribution in [0.15, 0.2) is 49.1 Å². The molecule has 0 aromatic rings. The van der Waals surface area contributed by atoms with Gasteiger partial charge in [-0.2, -0.15) is 0 Å². The van der Waals surface area contributed by atoms with Gasteiger partial charge in [0.1, 0.15) is 18.6 Å². The van der Waals surface area contributed by atoms with E-state index in [0.29, 0.717) is 12.8 Å². The van der Waals surface area contributed by atoms with Crippen LogP contribution < -0.4 is 16.4 Å². The molecule has 4 atom stereocenters. The maximum atomic E-state index is 12.9. The average Bonchev–Trinajstić information content (AvgIpc) is 3.06. The van der Waals surface area contributed by atoms with Crippen molar-refractivity contribution in [3.8, 4) is 11.8 Å². The topological polar surface area (TPSA) is 183 Å². The second-order valence-electron chi connectivity index (χ2n) is 10.1. The number of thioether (sulfide) groups is 1. The van der Waals surface area contributed by atoms with Crippen molar-refractivity contribution in [2.75, 3.05) is 33.1 Å². The number of hydrogen-bond acceptors (Lipinski definition) is 11. The molecule has 0 fully saturated rings. The first kappa shape index (κ1) is 43.1. The number of methoxy groups -OCH3 is 2. The average molecular weight is 678 g/mol. The Bertz CT molecular complexity index is 1130. The molecule has 0 spiro atoms. The summed E-state index contributed by atoms with van der Waals surface area (Å²) in [6, 6.07) is -2.10. The molecule has 262 valence electrons. The SMILES string of the molecule is C=CCCCC#CC\C=C/C=C/C=C/[C@@H](SC[C@H](NC(=O)CC[C@H](N)C(=O)OC)C(=O)NCC(=O)OC)[C@@H](O)CCCC(=O)OCC. The number of aliphatic hydroxyl groups is 1. The molecule has 0 radical (unpaired) electrons. The van der Waals surface area contributed by atoms with Crippen LogP contribution in [-0.4, -0.2) is 91.4 Å². The van der Waals surface area contributed by atoms with Gasteiger partial charge in [-0.25, -0.2) is 0 Å². The van der Waals surface area contributed by atoms with Crippen LogP contribution in [0, 0.1) is 11.8 Å². The molecule has 5 N–H and O–H groups in total.